The molecule has 1 atom stereocenters. The third kappa shape index (κ3) is 8.17. The van der Waals surface area contributed by atoms with E-state index in [9.17, 15) is 18.0 Å². The molecule has 3 aromatic rings. The van der Waals surface area contributed by atoms with Crippen LogP contribution in [0.1, 0.15) is 43.4 Å². The molecule has 39 heavy (non-hydrogen) atoms. The highest BCUT2D eigenvalue weighted by Gasteiger charge is 2.32. The van der Waals surface area contributed by atoms with Gasteiger partial charge in [-0.25, -0.2) is 8.42 Å². The molecule has 3 aromatic carbocycles. The second-order valence-corrected chi connectivity index (χ2v) is 11.7. The summed E-state index contributed by atoms with van der Waals surface area (Å²) in [5, 5.41) is 2.90. The number of unbranched alkanes of at least 4 members (excludes halogenated alkanes) is 1. The van der Waals surface area contributed by atoms with Gasteiger partial charge in [-0.1, -0.05) is 79.1 Å². The number of anilines is 1. The topological polar surface area (TPSA) is 86.8 Å². The minimum absolute atomic E-state index is 0.0997. The van der Waals surface area contributed by atoms with Gasteiger partial charge in [0.25, 0.3) is 10.0 Å². The van der Waals surface area contributed by atoms with Gasteiger partial charge in [0.05, 0.1) is 10.6 Å². The molecule has 0 radical (unpaired) electrons. The van der Waals surface area contributed by atoms with Crippen LogP contribution in [0.3, 0.4) is 0 Å². The molecule has 0 aliphatic carbocycles. The van der Waals surface area contributed by atoms with Gasteiger partial charge in [0, 0.05) is 13.1 Å². The van der Waals surface area contributed by atoms with Gasteiger partial charge in [0.15, 0.2) is 0 Å². The van der Waals surface area contributed by atoms with Crippen molar-refractivity contribution in [1.29, 1.82) is 0 Å². The summed E-state index contributed by atoms with van der Waals surface area (Å²) >= 11 is 0. The molecule has 0 aliphatic rings. The molecule has 0 saturated heterocycles. The molecule has 1 N–H and O–H groups in total. The summed E-state index contributed by atoms with van der Waals surface area (Å²) in [6.45, 7) is 7.90. The van der Waals surface area contributed by atoms with E-state index in [4.69, 9.17) is 0 Å². The van der Waals surface area contributed by atoms with Crippen LogP contribution in [0.4, 0.5) is 5.69 Å². The summed E-state index contributed by atoms with van der Waals surface area (Å²) in [6.07, 6.45) is 2.31. The van der Waals surface area contributed by atoms with Crippen LogP contribution in [0.5, 0.6) is 0 Å². The van der Waals surface area contributed by atoms with E-state index in [-0.39, 0.29) is 17.3 Å². The summed E-state index contributed by atoms with van der Waals surface area (Å²) in [6, 6.07) is 22.5. The number of benzene rings is 3. The maximum Gasteiger partial charge on any atom is 0.264 e. The standard InChI is InChI=1S/C31H39N3O4S/c1-5-6-21-32-31(36)26(4)33(22-20-27-10-8-7-9-11-27)30(35)23-34(28-16-12-24(2)13-17-28)39(37,38)29-18-14-25(3)15-19-29/h7-19,26H,5-6,20-23H2,1-4H3,(H,32,36)/t26-/m0/s1. The predicted molar refractivity (Wildman–Crippen MR) is 156 cm³/mol. The average Bonchev–Trinajstić information content (AvgIpc) is 2.93. The monoisotopic (exact) mass is 549 g/mol. The fraction of sp³-hybridized carbons (Fsp3) is 0.355. The fourth-order valence-corrected chi connectivity index (χ4v) is 5.60. The fourth-order valence-electron chi connectivity index (χ4n) is 4.18. The molecule has 8 heteroatoms. The number of carbonyl (C=O) groups excluding carboxylic acids is 2. The lowest BCUT2D eigenvalue weighted by molar-refractivity contribution is -0.138. The lowest BCUT2D eigenvalue weighted by Crippen LogP contribution is -2.52. The molecule has 2 amide bonds. The van der Waals surface area contributed by atoms with Crippen molar-refractivity contribution in [3.8, 4) is 0 Å². The van der Waals surface area contributed by atoms with Crippen LogP contribution >= 0.6 is 0 Å². The number of carbonyl (C=O) groups is 2. The molecule has 0 aromatic heterocycles. The van der Waals surface area contributed by atoms with Crippen molar-refractivity contribution in [2.45, 2.75) is 57.9 Å². The summed E-state index contributed by atoms with van der Waals surface area (Å²) < 4.78 is 28.8. The second kappa shape index (κ2) is 13.9. The maximum atomic E-state index is 13.9. The molecular formula is C31H39N3O4S. The number of nitrogens with zero attached hydrogens (tertiary/aromatic N) is 2. The van der Waals surface area contributed by atoms with Gasteiger partial charge in [0.1, 0.15) is 12.6 Å². The van der Waals surface area contributed by atoms with E-state index in [1.807, 2.05) is 63.2 Å². The van der Waals surface area contributed by atoms with Crippen molar-refractivity contribution < 1.29 is 18.0 Å². The number of aryl methyl sites for hydroxylation is 2. The van der Waals surface area contributed by atoms with Gasteiger partial charge >= 0.3 is 0 Å². The number of nitrogens with one attached hydrogen (secondary N) is 1. The number of rotatable bonds is 13. The van der Waals surface area contributed by atoms with E-state index in [0.717, 1.165) is 33.8 Å². The average molecular weight is 550 g/mol. The van der Waals surface area contributed by atoms with Crippen molar-refractivity contribution in [3.05, 3.63) is 95.6 Å². The summed E-state index contributed by atoms with van der Waals surface area (Å²) in [4.78, 5) is 28.4. The van der Waals surface area contributed by atoms with Crippen LogP contribution in [0, 0.1) is 13.8 Å². The van der Waals surface area contributed by atoms with Crippen molar-refractivity contribution >= 4 is 27.5 Å². The third-order valence-corrected chi connectivity index (χ3v) is 8.48. The Hall–Kier alpha value is -3.65. The summed E-state index contributed by atoms with van der Waals surface area (Å²) in [5.74, 6) is -0.700. The maximum absolute atomic E-state index is 13.9. The zero-order valence-corrected chi connectivity index (χ0v) is 24.1. The predicted octanol–water partition coefficient (Wildman–Crippen LogP) is 4.87. The van der Waals surface area contributed by atoms with E-state index in [0.29, 0.717) is 18.7 Å². The van der Waals surface area contributed by atoms with Gasteiger partial charge < -0.3 is 10.2 Å². The van der Waals surface area contributed by atoms with Gasteiger partial charge in [-0.3, -0.25) is 13.9 Å². The van der Waals surface area contributed by atoms with Gasteiger partial charge in [-0.05, 0) is 63.4 Å². The van der Waals surface area contributed by atoms with Crippen LogP contribution in [0.15, 0.2) is 83.8 Å². The quantitative estimate of drug-likeness (QED) is 0.308. The van der Waals surface area contributed by atoms with E-state index in [1.54, 1.807) is 43.3 Å². The van der Waals surface area contributed by atoms with Gasteiger partial charge in [0.2, 0.25) is 11.8 Å². The molecule has 0 saturated carbocycles. The minimum Gasteiger partial charge on any atom is -0.354 e. The highest BCUT2D eigenvalue weighted by molar-refractivity contribution is 7.92. The molecule has 3 rings (SSSR count). The van der Waals surface area contributed by atoms with E-state index < -0.39 is 28.5 Å². The lowest BCUT2D eigenvalue weighted by atomic mass is 10.1. The van der Waals surface area contributed by atoms with Crippen LogP contribution < -0.4 is 9.62 Å². The summed E-state index contributed by atoms with van der Waals surface area (Å²) in [5.41, 5.74) is 3.32. The molecule has 208 valence electrons. The first-order valence-electron chi connectivity index (χ1n) is 13.4. The van der Waals surface area contributed by atoms with Crippen LogP contribution in [-0.4, -0.2) is 50.8 Å². The first-order valence-corrected chi connectivity index (χ1v) is 14.8. The smallest absolute Gasteiger partial charge is 0.264 e. The second-order valence-electron chi connectivity index (χ2n) is 9.80. The summed E-state index contributed by atoms with van der Waals surface area (Å²) in [7, 11) is -4.06. The number of hydrogen-bond donors (Lipinski definition) is 1. The molecular weight excluding hydrogens is 510 g/mol. The molecule has 0 heterocycles. The first-order chi connectivity index (χ1) is 18.6. The van der Waals surface area contributed by atoms with Crippen molar-refractivity contribution in [1.82, 2.24) is 10.2 Å². The Morgan fingerprint density at radius 1 is 0.872 bits per heavy atom. The largest absolute Gasteiger partial charge is 0.354 e. The van der Waals surface area contributed by atoms with E-state index in [1.165, 1.54) is 4.90 Å². The number of amides is 2. The minimum atomic E-state index is -4.06. The van der Waals surface area contributed by atoms with Crippen LogP contribution in [0.2, 0.25) is 0 Å². The van der Waals surface area contributed by atoms with Crippen molar-refractivity contribution in [2.24, 2.45) is 0 Å². The van der Waals surface area contributed by atoms with Gasteiger partial charge in [-0.2, -0.15) is 0 Å². The van der Waals surface area contributed by atoms with E-state index in [2.05, 4.69) is 5.32 Å². The number of hydrogen-bond acceptors (Lipinski definition) is 4. The Labute approximate surface area is 232 Å². The molecule has 7 nitrogen and oxygen atoms in total. The highest BCUT2D eigenvalue weighted by Crippen LogP contribution is 2.25. The van der Waals surface area contributed by atoms with Crippen LogP contribution in [0.25, 0.3) is 0 Å². The van der Waals surface area contributed by atoms with Gasteiger partial charge in [-0.15, -0.1) is 0 Å². The highest BCUT2D eigenvalue weighted by atomic mass is 32.2. The zero-order chi connectivity index (χ0) is 28.4. The lowest BCUT2D eigenvalue weighted by Gasteiger charge is -2.32. The number of sulfonamides is 1. The molecule has 0 aliphatic heterocycles. The van der Waals surface area contributed by atoms with Crippen LogP contribution in [-0.2, 0) is 26.0 Å². The Kier molecular flexibility index (Phi) is 10.7. The SMILES string of the molecule is CCCCNC(=O)[C@H](C)N(CCc1ccccc1)C(=O)CN(c1ccc(C)cc1)S(=O)(=O)c1ccc(C)cc1. The van der Waals surface area contributed by atoms with Crippen molar-refractivity contribution in [3.63, 3.8) is 0 Å². The molecule has 0 fully saturated rings. The third-order valence-electron chi connectivity index (χ3n) is 6.69. The first kappa shape index (κ1) is 29.9. The van der Waals surface area contributed by atoms with Crippen molar-refractivity contribution in [2.75, 3.05) is 23.9 Å². The molecule has 0 bridgehead atoms. The van der Waals surface area contributed by atoms with E-state index >= 15 is 0 Å². The Balaban J connectivity index is 1.94. The normalized spacial score (nSPS) is 12.0. The Morgan fingerprint density at radius 2 is 1.46 bits per heavy atom. The zero-order valence-electron chi connectivity index (χ0n) is 23.3. The molecule has 0 spiro atoms. The Bertz CT molecular complexity index is 1320. The molecule has 0 unspecified atom stereocenters. The Morgan fingerprint density at radius 3 is 2.05 bits per heavy atom.